The Labute approximate surface area is 125 Å². The maximum Gasteiger partial charge on any atom is 0.242 e. The Morgan fingerprint density at radius 2 is 2.11 bits per heavy atom. The van der Waals surface area contributed by atoms with Crippen molar-refractivity contribution in [1.82, 2.24) is 9.71 Å². The minimum atomic E-state index is -3.70. The summed E-state index contributed by atoms with van der Waals surface area (Å²) in [5, 5.41) is 0.127. The van der Waals surface area contributed by atoms with Gasteiger partial charge < -0.3 is 0 Å². The Morgan fingerprint density at radius 3 is 2.63 bits per heavy atom. The molecule has 1 N–H and O–H groups in total. The average Bonchev–Trinajstić information content (AvgIpc) is 2.29. The van der Waals surface area contributed by atoms with Crippen molar-refractivity contribution in [2.75, 3.05) is 12.0 Å². The second kappa shape index (κ2) is 6.99. The Kier molecular flexibility index (Phi) is 6.19. The number of nitrogens with one attached hydrogen (secondary N) is 1. The highest BCUT2D eigenvalue weighted by atomic mass is 35.5. The van der Waals surface area contributed by atoms with Gasteiger partial charge in [0.15, 0.2) is 0 Å². The van der Waals surface area contributed by atoms with Gasteiger partial charge in [-0.15, -0.1) is 0 Å². The van der Waals surface area contributed by atoms with E-state index in [-0.39, 0.29) is 21.1 Å². The molecule has 0 fully saturated rings. The van der Waals surface area contributed by atoms with Gasteiger partial charge >= 0.3 is 0 Å². The van der Waals surface area contributed by atoms with E-state index in [1.807, 2.05) is 0 Å². The predicted molar refractivity (Wildman–Crippen MR) is 77.6 cm³/mol. The first kappa shape index (κ1) is 16.8. The first-order chi connectivity index (χ1) is 8.72. The molecule has 0 bridgehead atoms. The van der Waals surface area contributed by atoms with E-state index in [2.05, 4.69) is 9.71 Å². The molecule has 0 aromatic carbocycles. The molecule has 9 heteroatoms. The summed E-state index contributed by atoms with van der Waals surface area (Å²) in [4.78, 5) is 3.64. The van der Waals surface area contributed by atoms with Crippen molar-refractivity contribution in [2.24, 2.45) is 0 Å². The third-order valence-electron chi connectivity index (χ3n) is 2.28. The van der Waals surface area contributed by atoms with Crippen LogP contribution in [0.5, 0.6) is 0 Å². The van der Waals surface area contributed by atoms with E-state index >= 15 is 0 Å². The molecule has 0 aliphatic rings. The maximum absolute atomic E-state index is 12.0. The number of pyridine rings is 1. The zero-order chi connectivity index (χ0) is 14.6. The Balaban J connectivity index is 2.80. The van der Waals surface area contributed by atoms with Gasteiger partial charge in [-0.3, -0.25) is 4.21 Å². The summed E-state index contributed by atoms with van der Waals surface area (Å²) in [6, 6.07) is 0.910. The van der Waals surface area contributed by atoms with E-state index in [1.54, 1.807) is 13.2 Å². The van der Waals surface area contributed by atoms with E-state index in [9.17, 15) is 12.6 Å². The Morgan fingerprint density at radius 1 is 1.47 bits per heavy atom. The molecule has 108 valence electrons. The summed E-state index contributed by atoms with van der Waals surface area (Å²) < 4.78 is 37.5. The van der Waals surface area contributed by atoms with Gasteiger partial charge in [-0.1, -0.05) is 23.2 Å². The summed E-state index contributed by atoms with van der Waals surface area (Å²) in [5.74, 6) is 0.434. The number of hydrogen-bond acceptors (Lipinski definition) is 4. The van der Waals surface area contributed by atoms with Crippen molar-refractivity contribution < 1.29 is 12.6 Å². The fourth-order valence-corrected chi connectivity index (χ4v) is 3.55. The number of sulfonamides is 1. The van der Waals surface area contributed by atoms with Crippen LogP contribution in [-0.2, 0) is 20.8 Å². The van der Waals surface area contributed by atoms with Crippen LogP contribution in [0, 0.1) is 0 Å². The van der Waals surface area contributed by atoms with Crippen LogP contribution in [-0.4, -0.2) is 35.7 Å². The van der Waals surface area contributed by atoms with E-state index in [4.69, 9.17) is 23.2 Å². The van der Waals surface area contributed by atoms with Crippen LogP contribution in [0.15, 0.2) is 17.2 Å². The number of aromatic nitrogens is 1. The van der Waals surface area contributed by atoms with Crippen molar-refractivity contribution in [1.29, 1.82) is 0 Å². The van der Waals surface area contributed by atoms with Gasteiger partial charge in [0.25, 0.3) is 0 Å². The van der Waals surface area contributed by atoms with E-state index < -0.39 is 20.8 Å². The van der Waals surface area contributed by atoms with Gasteiger partial charge in [-0.25, -0.2) is 18.1 Å². The molecule has 19 heavy (non-hydrogen) atoms. The average molecular weight is 345 g/mol. The van der Waals surface area contributed by atoms with Gasteiger partial charge in [-0.05, 0) is 19.4 Å². The van der Waals surface area contributed by atoms with Gasteiger partial charge in [0, 0.05) is 35.0 Å². The van der Waals surface area contributed by atoms with Crippen LogP contribution in [0.1, 0.15) is 13.3 Å². The van der Waals surface area contributed by atoms with Crippen molar-refractivity contribution >= 4 is 44.0 Å². The molecule has 1 aromatic rings. The summed E-state index contributed by atoms with van der Waals surface area (Å²) in [7, 11) is -4.65. The van der Waals surface area contributed by atoms with Crippen molar-refractivity contribution in [2.45, 2.75) is 24.3 Å². The van der Waals surface area contributed by atoms with Crippen LogP contribution in [0.4, 0.5) is 0 Å². The largest absolute Gasteiger partial charge is 0.260 e. The summed E-state index contributed by atoms with van der Waals surface area (Å²) in [6.07, 6.45) is 3.20. The first-order valence-electron chi connectivity index (χ1n) is 5.36. The molecule has 1 heterocycles. The van der Waals surface area contributed by atoms with Crippen LogP contribution in [0.3, 0.4) is 0 Å². The number of hydrogen-bond donors (Lipinski definition) is 1. The number of halogens is 2. The molecule has 0 radical (unpaired) electrons. The molecule has 0 saturated carbocycles. The molecule has 1 rings (SSSR count). The standard InChI is InChI=1S/C10H14Cl2N2O3S2/c1-7(3-4-18(2)15)14-19(16,17)8-5-9(11)10(12)13-6-8/h5-7,14H,3-4H2,1-2H3. The monoisotopic (exact) mass is 344 g/mol. The highest BCUT2D eigenvalue weighted by Gasteiger charge is 2.19. The van der Waals surface area contributed by atoms with E-state index in [0.29, 0.717) is 12.2 Å². The summed E-state index contributed by atoms with van der Waals surface area (Å²) >= 11 is 11.4. The topological polar surface area (TPSA) is 76.1 Å². The lowest BCUT2D eigenvalue weighted by Crippen LogP contribution is -2.33. The summed E-state index contributed by atoms with van der Waals surface area (Å²) in [6.45, 7) is 1.70. The Bertz CT molecular complexity index is 578. The lowest BCUT2D eigenvalue weighted by Gasteiger charge is -2.13. The molecule has 0 aliphatic carbocycles. The van der Waals surface area contributed by atoms with Crippen LogP contribution >= 0.6 is 23.2 Å². The zero-order valence-corrected chi connectivity index (χ0v) is 13.5. The minimum Gasteiger partial charge on any atom is -0.260 e. The second-order valence-electron chi connectivity index (χ2n) is 4.03. The molecule has 0 saturated heterocycles. The highest BCUT2D eigenvalue weighted by Crippen LogP contribution is 2.22. The number of nitrogens with zero attached hydrogens (tertiary/aromatic N) is 1. The highest BCUT2D eigenvalue weighted by molar-refractivity contribution is 7.89. The lowest BCUT2D eigenvalue weighted by molar-refractivity contribution is 0.555. The minimum absolute atomic E-state index is 0.0497. The first-order valence-corrected chi connectivity index (χ1v) is 9.32. The fraction of sp³-hybridized carbons (Fsp3) is 0.500. The quantitative estimate of drug-likeness (QED) is 0.798. The molecule has 0 amide bonds. The van der Waals surface area contributed by atoms with Crippen molar-refractivity contribution in [3.8, 4) is 0 Å². The van der Waals surface area contributed by atoms with Crippen LogP contribution in [0.25, 0.3) is 0 Å². The van der Waals surface area contributed by atoms with Crippen molar-refractivity contribution in [3.05, 3.63) is 22.4 Å². The fourth-order valence-electron chi connectivity index (χ4n) is 1.29. The van der Waals surface area contributed by atoms with Gasteiger partial charge in [0.1, 0.15) is 10.0 Å². The van der Waals surface area contributed by atoms with Gasteiger partial charge in [0.2, 0.25) is 10.0 Å². The third-order valence-corrected chi connectivity index (χ3v) is 5.33. The normalized spacial score (nSPS) is 15.2. The molecule has 2 atom stereocenters. The third kappa shape index (κ3) is 5.35. The molecular formula is C10H14Cl2N2O3S2. The molecule has 0 aliphatic heterocycles. The second-order valence-corrected chi connectivity index (χ2v) is 8.07. The lowest BCUT2D eigenvalue weighted by atomic mass is 10.3. The van der Waals surface area contributed by atoms with E-state index in [0.717, 1.165) is 6.20 Å². The molecular weight excluding hydrogens is 331 g/mol. The zero-order valence-electron chi connectivity index (χ0n) is 10.4. The molecule has 0 spiro atoms. The molecule has 5 nitrogen and oxygen atoms in total. The van der Waals surface area contributed by atoms with Crippen LogP contribution < -0.4 is 4.72 Å². The summed E-state index contributed by atoms with van der Waals surface area (Å²) in [5.41, 5.74) is 0. The molecule has 2 unspecified atom stereocenters. The maximum atomic E-state index is 12.0. The number of rotatable bonds is 6. The smallest absolute Gasteiger partial charge is 0.242 e. The van der Waals surface area contributed by atoms with Gasteiger partial charge in [-0.2, -0.15) is 0 Å². The van der Waals surface area contributed by atoms with Gasteiger partial charge in [0.05, 0.1) is 5.02 Å². The van der Waals surface area contributed by atoms with Crippen LogP contribution in [0.2, 0.25) is 10.2 Å². The predicted octanol–water partition coefficient (Wildman–Crippen LogP) is 1.82. The van der Waals surface area contributed by atoms with E-state index in [1.165, 1.54) is 6.07 Å². The van der Waals surface area contributed by atoms with Crippen molar-refractivity contribution in [3.63, 3.8) is 0 Å². The Hall–Kier alpha value is -0.210. The molecule has 1 aromatic heterocycles. The SMILES string of the molecule is CC(CCS(C)=O)NS(=O)(=O)c1cnc(Cl)c(Cl)c1.